The number of carbonyl (C=O) groups excluding carboxylic acids is 1. The van der Waals surface area contributed by atoms with Crippen molar-refractivity contribution >= 4 is 29.1 Å². The van der Waals surface area contributed by atoms with Crippen molar-refractivity contribution < 1.29 is 19.0 Å². The van der Waals surface area contributed by atoms with Gasteiger partial charge in [-0.1, -0.05) is 37.2 Å². The molecule has 3 rings (SSSR count). The minimum Gasteiger partial charge on any atom is -0.497 e. The standard InChI is InChI=1S/C23H27N3O4S/c1-5-6-21-22(27)26(15-16-7-10-18(28-2)11-8-16)23(31-21)25-24-14-17-9-12-19(29-3)20(13-17)30-4/h7-14,21H,5-6,15H2,1-4H3. The molecular formula is C23H27N3O4S. The number of thioether (sulfide) groups is 1. The van der Waals surface area contributed by atoms with Gasteiger partial charge in [-0.05, 0) is 47.9 Å². The fraction of sp³-hybridized carbons (Fsp3) is 0.348. The van der Waals surface area contributed by atoms with Crippen LogP contribution >= 0.6 is 11.8 Å². The maximum atomic E-state index is 12.9. The van der Waals surface area contributed by atoms with Crippen LogP contribution < -0.4 is 14.2 Å². The Morgan fingerprint density at radius 1 is 1.03 bits per heavy atom. The SMILES string of the molecule is CCCC1SC(=NN=Cc2ccc(OC)c(OC)c2)N(Cc2ccc(OC)cc2)C1=O. The van der Waals surface area contributed by atoms with Crippen LogP contribution in [0.1, 0.15) is 30.9 Å². The lowest BCUT2D eigenvalue weighted by atomic mass is 10.2. The molecule has 1 unspecified atom stereocenters. The predicted octanol–water partition coefficient (Wildman–Crippen LogP) is 4.35. The molecule has 0 aliphatic carbocycles. The fourth-order valence-corrected chi connectivity index (χ4v) is 4.38. The van der Waals surface area contributed by atoms with Crippen LogP contribution in [0.25, 0.3) is 0 Å². The van der Waals surface area contributed by atoms with Crippen molar-refractivity contribution in [1.29, 1.82) is 0 Å². The van der Waals surface area contributed by atoms with E-state index in [1.807, 2.05) is 42.5 Å². The van der Waals surface area contributed by atoms with E-state index in [2.05, 4.69) is 17.1 Å². The zero-order valence-corrected chi connectivity index (χ0v) is 19.0. The van der Waals surface area contributed by atoms with E-state index < -0.39 is 0 Å². The van der Waals surface area contributed by atoms with Crippen LogP contribution in [0.4, 0.5) is 0 Å². The summed E-state index contributed by atoms with van der Waals surface area (Å²) in [5, 5.41) is 9.08. The van der Waals surface area contributed by atoms with E-state index in [9.17, 15) is 4.79 Å². The van der Waals surface area contributed by atoms with Gasteiger partial charge in [0.2, 0.25) is 5.91 Å². The highest BCUT2D eigenvalue weighted by molar-refractivity contribution is 8.15. The van der Waals surface area contributed by atoms with Gasteiger partial charge in [-0.15, -0.1) is 5.10 Å². The molecular weight excluding hydrogens is 414 g/mol. The van der Waals surface area contributed by atoms with E-state index in [-0.39, 0.29) is 11.2 Å². The summed E-state index contributed by atoms with van der Waals surface area (Å²) in [6, 6.07) is 13.2. The van der Waals surface area contributed by atoms with Crippen LogP contribution in [0, 0.1) is 0 Å². The Kier molecular flexibility index (Phi) is 7.94. The van der Waals surface area contributed by atoms with Gasteiger partial charge in [0.15, 0.2) is 16.7 Å². The van der Waals surface area contributed by atoms with Crippen LogP contribution in [0.3, 0.4) is 0 Å². The molecule has 1 saturated heterocycles. The third kappa shape index (κ3) is 5.58. The van der Waals surface area contributed by atoms with E-state index in [4.69, 9.17) is 14.2 Å². The molecule has 1 aliphatic heterocycles. The van der Waals surface area contributed by atoms with Gasteiger partial charge in [0.1, 0.15) is 5.75 Å². The molecule has 0 spiro atoms. The minimum atomic E-state index is -0.127. The Hall–Kier alpha value is -3.00. The average molecular weight is 442 g/mol. The quantitative estimate of drug-likeness (QED) is 0.427. The van der Waals surface area contributed by atoms with Crippen molar-refractivity contribution in [1.82, 2.24) is 4.90 Å². The average Bonchev–Trinajstić information content (AvgIpc) is 3.08. The molecule has 164 valence electrons. The second-order valence-corrected chi connectivity index (χ2v) is 8.08. The molecule has 0 saturated carbocycles. The molecule has 0 N–H and O–H groups in total. The first-order chi connectivity index (χ1) is 15.1. The molecule has 2 aromatic carbocycles. The van der Waals surface area contributed by atoms with Crippen LogP contribution in [0.15, 0.2) is 52.7 Å². The molecule has 1 heterocycles. The van der Waals surface area contributed by atoms with Gasteiger partial charge < -0.3 is 14.2 Å². The Bertz CT molecular complexity index is 960. The van der Waals surface area contributed by atoms with Crippen LogP contribution in [-0.4, -0.2) is 48.8 Å². The molecule has 0 radical (unpaired) electrons. The highest BCUT2D eigenvalue weighted by atomic mass is 32.2. The van der Waals surface area contributed by atoms with Crippen molar-refractivity contribution in [2.75, 3.05) is 21.3 Å². The number of amides is 1. The number of carbonyl (C=O) groups is 1. The lowest BCUT2D eigenvalue weighted by molar-refractivity contribution is -0.126. The molecule has 1 fully saturated rings. The largest absolute Gasteiger partial charge is 0.497 e. The number of hydrogen-bond acceptors (Lipinski definition) is 7. The van der Waals surface area contributed by atoms with Crippen molar-refractivity contribution in [3.8, 4) is 17.2 Å². The summed E-state index contributed by atoms with van der Waals surface area (Å²) in [4.78, 5) is 14.6. The number of hydrogen-bond donors (Lipinski definition) is 0. The molecule has 1 atom stereocenters. The lowest BCUT2D eigenvalue weighted by Gasteiger charge is -2.16. The summed E-state index contributed by atoms with van der Waals surface area (Å²) in [7, 11) is 4.81. The van der Waals surface area contributed by atoms with Gasteiger partial charge in [-0.3, -0.25) is 9.69 Å². The first kappa shape index (κ1) is 22.7. The second kappa shape index (κ2) is 10.9. The number of rotatable bonds is 9. The van der Waals surface area contributed by atoms with Crippen molar-refractivity contribution in [2.24, 2.45) is 10.2 Å². The topological polar surface area (TPSA) is 72.7 Å². The van der Waals surface area contributed by atoms with Gasteiger partial charge >= 0.3 is 0 Å². The van der Waals surface area contributed by atoms with Gasteiger partial charge in [-0.2, -0.15) is 5.10 Å². The van der Waals surface area contributed by atoms with Crippen LogP contribution in [0.5, 0.6) is 17.2 Å². The highest BCUT2D eigenvalue weighted by Gasteiger charge is 2.37. The number of ether oxygens (including phenoxy) is 3. The molecule has 31 heavy (non-hydrogen) atoms. The molecule has 0 aromatic heterocycles. The lowest BCUT2D eigenvalue weighted by Crippen LogP contribution is -2.31. The fourth-order valence-electron chi connectivity index (χ4n) is 3.17. The summed E-state index contributed by atoms with van der Waals surface area (Å²) in [6.45, 7) is 2.52. The first-order valence-electron chi connectivity index (χ1n) is 10.0. The number of methoxy groups -OCH3 is 3. The second-order valence-electron chi connectivity index (χ2n) is 6.91. The molecule has 0 bridgehead atoms. The van der Waals surface area contributed by atoms with Crippen molar-refractivity contribution in [3.05, 3.63) is 53.6 Å². The third-order valence-electron chi connectivity index (χ3n) is 4.83. The molecule has 1 amide bonds. The van der Waals surface area contributed by atoms with Gasteiger partial charge in [0.05, 0.1) is 39.3 Å². The third-order valence-corrected chi connectivity index (χ3v) is 6.06. The van der Waals surface area contributed by atoms with E-state index in [1.165, 1.54) is 11.8 Å². The van der Waals surface area contributed by atoms with E-state index >= 15 is 0 Å². The van der Waals surface area contributed by atoms with E-state index in [0.29, 0.717) is 23.2 Å². The Morgan fingerprint density at radius 3 is 2.42 bits per heavy atom. The maximum absolute atomic E-state index is 12.9. The molecule has 8 heteroatoms. The number of nitrogens with zero attached hydrogens (tertiary/aromatic N) is 3. The highest BCUT2D eigenvalue weighted by Crippen LogP contribution is 2.32. The van der Waals surface area contributed by atoms with Gasteiger partial charge in [0.25, 0.3) is 0 Å². The van der Waals surface area contributed by atoms with Crippen LogP contribution in [-0.2, 0) is 11.3 Å². The van der Waals surface area contributed by atoms with Gasteiger partial charge in [-0.25, -0.2) is 0 Å². The van der Waals surface area contributed by atoms with E-state index in [1.54, 1.807) is 32.4 Å². The van der Waals surface area contributed by atoms with Crippen LogP contribution in [0.2, 0.25) is 0 Å². The number of amidine groups is 1. The normalized spacial score (nSPS) is 17.5. The van der Waals surface area contributed by atoms with Crippen molar-refractivity contribution in [2.45, 2.75) is 31.6 Å². The Balaban J connectivity index is 1.80. The minimum absolute atomic E-state index is 0.0720. The van der Waals surface area contributed by atoms with Crippen molar-refractivity contribution in [3.63, 3.8) is 0 Å². The Morgan fingerprint density at radius 2 is 1.77 bits per heavy atom. The monoisotopic (exact) mass is 441 g/mol. The first-order valence-corrected chi connectivity index (χ1v) is 10.9. The Labute approximate surface area is 187 Å². The predicted molar refractivity (Wildman–Crippen MR) is 124 cm³/mol. The summed E-state index contributed by atoms with van der Waals surface area (Å²) in [6.07, 6.45) is 3.38. The molecule has 7 nitrogen and oxygen atoms in total. The smallest absolute Gasteiger partial charge is 0.242 e. The summed E-state index contributed by atoms with van der Waals surface area (Å²) >= 11 is 1.47. The van der Waals surface area contributed by atoms with Gasteiger partial charge in [0, 0.05) is 0 Å². The summed E-state index contributed by atoms with van der Waals surface area (Å²) in [5.74, 6) is 2.12. The maximum Gasteiger partial charge on any atom is 0.242 e. The summed E-state index contributed by atoms with van der Waals surface area (Å²) in [5.41, 5.74) is 1.83. The molecule has 1 aliphatic rings. The van der Waals surface area contributed by atoms with E-state index in [0.717, 1.165) is 29.7 Å². The summed E-state index contributed by atoms with van der Waals surface area (Å²) < 4.78 is 15.8. The number of benzene rings is 2. The molecule has 2 aromatic rings. The zero-order valence-electron chi connectivity index (χ0n) is 18.2. The zero-order chi connectivity index (χ0) is 22.2.